The molecule has 1 amide bonds. The first-order chi connectivity index (χ1) is 17.9. The maximum Gasteiger partial charge on any atom is 0.236 e. The van der Waals surface area contributed by atoms with Crippen LogP contribution in [-0.4, -0.2) is 85.5 Å². The Morgan fingerprint density at radius 3 is 2.54 bits per heavy atom. The number of rotatable bonds is 12. The highest BCUT2D eigenvalue weighted by Crippen LogP contribution is 2.36. The zero-order chi connectivity index (χ0) is 26.6. The van der Waals surface area contributed by atoms with Crippen molar-refractivity contribution in [2.75, 3.05) is 53.9 Å². The molecule has 1 aromatic heterocycles. The number of benzene rings is 1. The van der Waals surface area contributed by atoms with Crippen molar-refractivity contribution in [3.05, 3.63) is 47.8 Å². The minimum absolute atomic E-state index is 0.295. The average Bonchev–Trinajstić information content (AvgIpc) is 3.63. The van der Waals surface area contributed by atoms with Crippen LogP contribution in [-0.2, 0) is 17.8 Å². The molecule has 1 aromatic carbocycles. The number of nitrogens with zero attached hydrogens (tertiary/aromatic N) is 4. The van der Waals surface area contributed by atoms with Crippen molar-refractivity contribution < 1.29 is 14.4 Å². The molecule has 1 saturated heterocycles. The Bertz CT molecular complexity index is 919. The quantitative estimate of drug-likeness (QED) is 0.474. The molecule has 0 bridgehead atoms. The van der Waals surface area contributed by atoms with Gasteiger partial charge in [0.2, 0.25) is 5.91 Å². The first kappa shape index (κ1) is 29.2. The highest BCUT2D eigenvalue weighted by molar-refractivity contribution is 5.78. The fraction of sp³-hybridized carbons (Fsp3) is 0.667. The van der Waals surface area contributed by atoms with Crippen molar-refractivity contribution in [2.45, 2.75) is 77.3 Å². The number of aryl methyl sites for hydroxylation is 1. The van der Waals surface area contributed by atoms with Gasteiger partial charge in [-0.1, -0.05) is 38.8 Å². The fourth-order valence-electron chi connectivity index (χ4n) is 5.23. The predicted molar refractivity (Wildman–Crippen MR) is 150 cm³/mol. The molecule has 0 radical (unpaired) electrons. The molecule has 2 aliphatic rings. The summed E-state index contributed by atoms with van der Waals surface area (Å²) in [5.74, 6) is 1.80. The molecule has 7 heteroatoms. The molecular formula is C30H50N5O2+. The number of ether oxygens (including phenoxy) is 1. The lowest BCUT2D eigenvalue weighted by atomic mass is 9.93. The van der Waals surface area contributed by atoms with E-state index >= 15 is 0 Å². The topological polar surface area (TPSA) is 55.0 Å². The molecule has 0 spiro atoms. The summed E-state index contributed by atoms with van der Waals surface area (Å²) >= 11 is 0. The SMILES string of the molecule is CCCCN(CCCC)C(=O)CN1CC(c2ccc3c(c2)CCO3)CC1CCn1cccn1.C[NH+](C)C. The Morgan fingerprint density at radius 2 is 1.89 bits per heavy atom. The van der Waals surface area contributed by atoms with E-state index in [1.165, 1.54) is 16.0 Å². The number of quaternary nitrogens is 1. The second-order valence-electron chi connectivity index (χ2n) is 11.1. The Labute approximate surface area is 224 Å². The van der Waals surface area contributed by atoms with Gasteiger partial charge in [-0.25, -0.2) is 0 Å². The van der Waals surface area contributed by atoms with Gasteiger partial charge in [-0.3, -0.25) is 14.4 Å². The van der Waals surface area contributed by atoms with Crippen LogP contribution < -0.4 is 9.64 Å². The number of likely N-dealkylation sites (tertiary alicyclic amines) is 1. The molecule has 2 aromatic rings. The van der Waals surface area contributed by atoms with E-state index in [9.17, 15) is 4.79 Å². The van der Waals surface area contributed by atoms with E-state index in [2.05, 4.69) is 68.1 Å². The van der Waals surface area contributed by atoms with E-state index in [4.69, 9.17) is 4.74 Å². The monoisotopic (exact) mass is 512 g/mol. The summed E-state index contributed by atoms with van der Waals surface area (Å²) in [4.78, 5) is 19.3. The van der Waals surface area contributed by atoms with E-state index in [0.717, 1.165) is 83.5 Å². The fourth-order valence-corrected chi connectivity index (χ4v) is 5.23. The minimum atomic E-state index is 0.295. The van der Waals surface area contributed by atoms with Gasteiger partial charge < -0.3 is 14.5 Å². The van der Waals surface area contributed by atoms with Crippen LogP contribution in [0.5, 0.6) is 5.75 Å². The van der Waals surface area contributed by atoms with Gasteiger partial charge in [0.15, 0.2) is 0 Å². The second kappa shape index (κ2) is 15.1. The normalized spacial score (nSPS) is 18.9. The van der Waals surface area contributed by atoms with E-state index in [-0.39, 0.29) is 0 Å². The first-order valence-electron chi connectivity index (χ1n) is 14.4. The van der Waals surface area contributed by atoms with Crippen LogP contribution >= 0.6 is 0 Å². The van der Waals surface area contributed by atoms with Crippen LogP contribution in [0.15, 0.2) is 36.7 Å². The number of unbranched alkanes of at least 4 members (excludes halogenated alkanes) is 2. The van der Waals surface area contributed by atoms with Crippen molar-refractivity contribution in [1.82, 2.24) is 19.6 Å². The molecule has 0 aliphatic carbocycles. The van der Waals surface area contributed by atoms with Gasteiger partial charge in [0.25, 0.3) is 0 Å². The van der Waals surface area contributed by atoms with Gasteiger partial charge in [-0.05, 0) is 54.9 Å². The molecule has 1 N–H and O–H groups in total. The molecule has 2 atom stereocenters. The second-order valence-corrected chi connectivity index (χ2v) is 11.1. The largest absolute Gasteiger partial charge is 0.493 e. The zero-order valence-electron chi connectivity index (χ0n) is 23.9. The van der Waals surface area contributed by atoms with E-state index in [1.54, 1.807) is 0 Å². The summed E-state index contributed by atoms with van der Waals surface area (Å²) in [6.07, 6.45) is 11.4. The zero-order valence-corrected chi connectivity index (χ0v) is 23.9. The number of aromatic nitrogens is 2. The van der Waals surface area contributed by atoms with Crippen LogP contribution in [0, 0.1) is 0 Å². The molecular weight excluding hydrogens is 462 g/mol. The highest BCUT2D eigenvalue weighted by Gasteiger charge is 2.35. The maximum atomic E-state index is 13.3. The van der Waals surface area contributed by atoms with Gasteiger partial charge in [-0.15, -0.1) is 0 Å². The molecule has 7 nitrogen and oxygen atoms in total. The van der Waals surface area contributed by atoms with Crippen molar-refractivity contribution in [3.8, 4) is 5.75 Å². The molecule has 37 heavy (non-hydrogen) atoms. The van der Waals surface area contributed by atoms with Crippen LogP contribution in [0.2, 0.25) is 0 Å². The lowest BCUT2D eigenvalue weighted by Gasteiger charge is -2.28. The number of nitrogens with one attached hydrogen (secondary N) is 1. The number of carbonyl (C=O) groups excluding carboxylic acids is 1. The van der Waals surface area contributed by atoms with Gasteiger partial charge in [0, 0.05) is 51.0 Å². The summed E-state index contributed by atoms with van der Waals surface area (Å²) in [5, 5.41) is 4.38. The Hall–Kier alpha value is -2.38. The van der Waals surface area contributed by atoms with Crippen LogP contribution in [0.1, 0.15) is 69.4 Å². The van der Waals surface area contributed by atoms with Crippen molar-refractivity contribution >= 4 is 5.91 Å². The molecule has 4 rings (SSSR count). The summed E-state index contributed by atoms with van der Waals surface area (Å²) < 4.78 is 7.72. The predicted octanol–water partition coefficient (Wildman–Crippen LogP) is 3.26. The Morgan fingerprint density at radius 1 is 1.16 bits per heavy atom. The summed E-state index contributed by atoms with van der Waals surface area (Å²) in [6.45, 7) is 9.32. The summed E-state index contributed by atoms with van der Waals surface area (Å²) in [7, 11) is 6.25. The van der Waals surface area contributed by atoms with Crippen LogP contribution in [0.4, 0.5) is 0 Å². The molecule has 1 fully saturated rings. The van der Waals surface area contributed by atoms with Crippen molar-refractivity contribution in [3.63, 3.8) is 0 Å². The third-order valence-electron chi connectivity index (χ3n) is 7.22. The lowest BCUT2D eigenvalue weighted by Crippen LogP contribution is -3.02. The number of amides is 1. The Kier molecular flexibility index (Phi) is 11.9. The third kappa shape index (κ3) is 9.15. The number of hydrogen-bond donors (Lipinski definition) is 1. The third-order valence-corrected chi connectivity index (χ3v) is 7.22. The standard InChI is InChI=1S/C27H40N4O2.C3H9N/c1-3-5-13-29(14-6-4-2)27(32)21-30-20-24(19-25(30)10-16-31-15-7-12-28-31)22-8-9-26-23(18-22)11-17-33-26;1-4(2)3/h7-9,12,15,18,24-25H,3-6,10-11,13-14,16-17,19-21H2,1-2H3;1-3H3/p+1. The van der Waals surface area contributed by atoms with Gasteiger partial charge in [-0.2, -0.15) is 5.10 Å². The Balaban J connectivity index is 0.000000886. The number of carbonyl (C=O) groups is 1. The van der Waals surface area contributed by atoms with Gasteiger partial charge in [0.1, 0.15) is 5.75 Å². The molecule has 3 heterocycles. The van der Waals surface area contributed by atoms with Crippen LogP contribution in [0.3, 0.4) is 0 Å². The maximum absolute atomic E-state index is 13.3. The van der Waals surface area contributed by atoms with Crippen molar-refractivity contribution in [1.29, 1.82) is 0 Å². The number of fused-ring (bicyclic) bond motifs is 1. The molecule has 2 unspecified atom stereocenters. The minimum Gasteiger partial charge on any atom is -0.493 e. The first-order valence-corrected chi connectivity index (χ1v) is 14.4. The van der Waals surface area contributed by atoms with Gasteiger partial charge >= 0.3 is 0 Å². The smallest absolute Gasteiger partial charge is 0.236 e. The van der Waals surface area contributed by atoms with Crippen molar-refractivity contribution in [2.24, 2.45) is 0 Å². The summed E-state index contributed by atoms with van der Waals surface area (Å²) in [5.41, 5.74) is 2.73. The number of hydrogen-bond acceptors (Lipinski definition) is 4. The van der Waals surface area contributed by atoms with Gasteiger partial charge in [0.05, 0.1) is 34.3 Å². The lowest BCUT2D eigenvalue weighted by molar-refractivity contribution is -0.836. The highest BCUT2D eigenvalue weighted by atomic mass is 16.5. The van der Waals surface area contributed by atoms with Crippen LogP contribution in [0.25, 0.3) is 0 Å². The molecule has 206 valence electrons. The van der Waals surface area contributed by atoms with E-state index in [1.807, 2.05) is 23.1 Å². The van der Waals surface area contributed by atoms with E-state index < -0.39 is 0 Å². The molecule has 2 aliphatic heterocycles. The molecule has 0 saturated carbocycles. The van der Waals surface area contributed by atoms with E-state index in [0.29, 0.717) is 24.4 Å². The summed E-state index contributed by atoms with van der Waals surface area (Å²) in [6, 6.07) is 9.09. The average molecular weight is 513 g/mol.